The number of methoxy groups -OCH3 is 1. The van der Waals surface area contributed by atoms with Crippen molar-refractivity contribution < 1.29 is 38.5 Å². The van der Waals surface area contributed by atoms with E-state index in [1.165, 1.54) is 26.2 Å². The van der Waals surface area contributed by atoms with Gasteiger partial charge in [0.1, 0.15) is 39.8 Å². The molecule has 0 saturated carbocycles. The van der Waals surface area contributed by atoms with E-state index in [0.29, 0.717) is 16.3 Å². The first kappa shape index (κ1) is 24.5. The highest BCUT2D eigenvalue weighted by Gasteiger charge is 2.62. The highest BCUT2D eigenvalue weighted by Crippen LogP contribution is 2.56. The summed E-state index contributed by atoms with van der Waals surface area (Å²) in [4.78, 5) is 39.3. The number of hydrogen-bond donors (Lipinski definition) is 3. The maximum atomic E-state index is 14.2. The molecule has 37 heavy (non-hydrogen) atoms. The molecule has 9 heteroatoms. The van der Waals surface area contributed by atoms with Gasteiger partial charge < -0.3 is 25.0 Å². The molecule has 190 valence electrons. The third-order valence-corrected chi connectivity index (χ3v) is 7.19. The fourth-order valence-corrected chi connectivity index (χ4v) is 5.33. The lowest BCUT2D eigenvalue weighted by atomic mass is 9.64. The van der Waals surface area contributed by atoms with Gasteiger partial charge in [0.2, 0.25) is 0 Å². The first-order valence-electron chi connectivity index (χ1n) is 11.6. The lowest BCUT2D eigenvalue weighted by molar-refractivity contribution is -0.139. The number of hydrogen-bond acceptors (Lipinski definition) is 7. The molecule has 0 radical (unpaired) electrons. The van der Waals surface area contributed by atoms with Gasteiger partial charge in [-0.15, -0.1) is 0 Å². The molecule has 2 aromatic carbocycles. The summed E-state index contributed by atoms with van der Waals surface area (Å²) < 4.78 is 25.4. The molecule has 2 aromatic rings. The number of carbonyl (C=O) groups is 3. The minimum absolute atomic E-state index is 0.0191. The number of benzene rings is 2. The molecule has 1 aliphatic heterocycles. The largest absolute Gasteiger partial charge is 0.507 e. The van der Waals surface area contributed by atoms with E-state index in [1.54, 1.807) is 30.3 Å². The first-order chi connectivity index (χ1) is 17.5. The van der Waals surface area contributed by atoms with Crippen LogP contribution in [0.15, 0.2) is 82.7 Å². The standard InChI is InChI=1S/C28H24FNO7/c1-14(31)23-20(32)11-22-27(2,25(23)33)24-21(37-22)10-16(36-3)12-28(24,35)26(34)30-13-15-8-9-19(29)18-7-5-4-6-17(15)18/h4-11,32,35H,12-13H2,1-3H3,(H,30,34)/t27-,28?/m1/s1. The van der Waals surface area contributed by atoms with Crippen LogP contribution in [0.1, 0.15) is 25.8 Å². The van der Waals surface area contributed by atoms with Crippen LogP contribution in [0.4, 0.5) is 4.39 Å². The van der Waals surface area contributed by atoms with Crippen molar-refractivity contribution in [3.05, 3.63) is 94.1 Å². The second-order valence-corrected chi connectivity index (χ2v) is 9.41. The highest BCUT2D eigenvalue weighted by atomic mass is 19.1. The maximum absolute atomic E-state index is 14.2. The molecular formula is C28H24FNO7. The third-order valence-electron chi connectivity index (χ3n) is 7.19. The Morgan fingerprint density at radius 1 is 1.16 bits per heavy atom. The lowest BCUT2D eigenvalue weighted by Gasteiger charge is -2.38. The van der Waals surface area contributed by atoms with Crippen molar-refractivity contribution in [2.24, 2.45) is 5.41 Å². The second kappa shape index (κ2) is 8.41. The SMILES string of the molecule is COC1=CC2=C(C(O)(C(=O)NCc3ccc(F)c4ccccc34)C1)[C@]1(C)C(=O)C(C(C)=O)=C(O)C=C1O2. The normalized spacial score (nSPS) is 24.7. The van der Waals surface area contributed by atoms with Crippen LogP contribution in [0.3, 0.4) is 0 Å². The zero-order valence-corrected chi connectivity index (χ0v) is 20.3. The molecular weight excluding hydrogens is 481 g/mol. The number of fused-ring (bicyclic) bond motifs is 3. The highest BCUT2D eigenvalue weighted by molar-refractivity contribution is 6.24. The number of Topliss-reactive ketones (excluding diaryl/α,β-unsaturated/α-hetero) is 2. The average Bonchev–Trinajstić information content (AvgIpc) is 3.16. The summed E-state index contributed by atoms with van der Waals surface area (Å²) in [5.41, 5.74) is -3.88. The molecule has 0 spiro atoms. The monoisotopic (exact) mass is 505 g/mol. The van der Waals surface area contributed by atoms with E-state index in [9.17, 15) is 29.0 Å². The minimum atomic E-state index is -2.29. The van der Waals surface area contributed by atoms with E-state index in [0.717, 1.165) is 13.0 Å². The zero-order valence-electron chi connectivity index (χ0n) is 20.3. The molecule has 0 aromatic heterocycles. The number of amides is 1. The molecule has 8 nitrogen and oxygen atoms in total. The molecule has 1 heterocycles. The Bertz CT molecular complexity index is 1530. The summed E-state index contributed by atoms with van der Waals surface area (Å²) in [6.07, 6.45) is 2.31. The number of aliphatic hydroxyl groups is 2. The Morgan fingerprint density at radius 3 is 2.54 bits per heavy atom. The van der Waals surface area contributed by atoms with Crippen LogP contribution in [-0.2, 0) is 30.4 Å². The van der Waals surface area contributed by atoms with Gasteiger partial charge in [0.15, 0.2) is 17.2 Å². The number of nitrogens with one attached hydrogen (secondary N) is 1. The van der Waals surface area contributed by atoms with Crippen molar-refractivity contribution in [1.82, 2.24) is 5.32 Å². The summed E-state index contributed by atoms with van der Waals surface area (Å²) >= 11 is 0. The van der Waals surface area contributed by atoms with Gasteiger partial charge >= 0.3 is 0 Å². The topological polar surface area (TPSA) is 122 Å². The smallest absolute Gasteiger partial charge is 0.257 e. The Labute approximate surface area is 211 Å². The molecule has 0 bridgehead atoms. The van der Waals surface area contributed by atoms with Gasteiger partial charge in [-0.05, 0) is 30.9 Å². The number of allylic oxidation sites excluding steroid dienone is 4. The van der Waals surface area contributed by atoms with Gasteiger partial charge in [-0.2, -0.15) is 0 Å². The van der Waals surface area contributed by atoms with E-state index in [1.807, 2.05) is 0 Å². The Hall–Kier alpha value is -4.24. The number of rotatable bonds is 5. The molecule has 3 N–H and O–H groups in total. The number of aliphatic hydroxyl groups excluding tert-OH is 1. The van der Waals surface area contributed by atoms with Gasteiger partial charge in [-0.3, -0.25) is 14.4 Å². The van der Waals surface area contributed by atoms with E-state index in [2.05, 4.69) is 5.32 Å². The van der Waals surface area contributed by atoms with Crippen molar-refractivity contribution >= 4 is 28.2 Å². The van der Waals surface area contributed by atoms with Crippen molar-refractivity contribution in [3.8, 4) is 0 Å². The number of ketones is 2. The van der Waals surface area contributed by atoms with Crippen LogP contribution in [0, 0.1) is 11.2 Å². The molecule has 0 fully saturated rings. The average molecular weight is 505 g/mol. The molecule has 2 atom stereocenters. The van der Waals surface area contributed by atoms with Crippen LogP contribution < -0.4 is 5.32 Å². The van der Waals surface area contributed by atoms with Crippen LogP contribution >= 0.6 is 0 Å². The molecule has 3 aliphatic rings. The van der Waals surface area contributed by atoms with Crippen LogP contribution in [-0.4, -0.2) is 40.4 Å². The molecule has 1 unspecified atom stereocenters. The maximum Gasteiger partial charge on any atom is 0.257 e. The van der Waals surface area contributed by atoms with E-state index >= 15 is 0 Å². The van der Waals surface area contributed by atoms with Crippen LogP contribution in [0.5, 0.6) is 0 Å². The number of ether oxygens (including phenoxy) is 2. The number of halogens is 1. The predicted molar refractivity (Wildman–Crippen MR) is 130 cm³/mol. The predicted octanol–water partition coefficient (Wildman–Crippen LogP) is 3.42. The zero-order chi connectivity index (χ0) is 26.7. The van der Waals surface area contributed by atoms with Crippen LogP contribution in [0.25, 0.3) is 10.8 Å². The lowest BCUT2D eigenvalue weighted by Crippen LogP contribution is -2.54. The summed E-state index contributed by atoms with van der Waals surface area (Å²) in [6.45, 7) is 2.55. The molecule has 1 amide bonds. The first-order valence-corrected chi connectivity index (χ1v) is 11.6. The minimum Gasteiger partial charge on any atom is -0.507 e. The molecule has 5 rings (SSSR count). The van der Waals surface area contributed by atoms with Crippen molar-refractivity contribution in [2.45, 2.75) is 32.4 Å². The third kappa shape index (κ3) is 3.49. The van der Waals surface area contributed by atoms with Crippen LogP contribution in [0.2, 0.25) is 0 Å². The summed E-state index contributed by atoms with van der Waals surface area (Å²) in [5.74, 6) is -3.00. The van der Waals surface area contributed by atoms with Gasteiger partial charge in [-0.25, -0.2) is 4.39 Å². The molecule has 2 aliphatic carbocycles. The molecule has 0 saturated heterocycles. The van der Waals surface area contributed by atoms with Crippen molar-refractivity contribution in [1.29, 1.82) is 0 Å². The summed E-state index contributed by atoms with van der Waals surface area (Å²) in [6, 6.07) is 9.67. The van der Waals surface area contributed by atoms with Gasteiger partial charge in [0.25, 0.3) is 5.91 Å². The fourth-order valence-electron chi connectivity index (χ4n) is 5.33. The van der Waals surface area contributed by atoms with E-state index in [4.69, 9.17) is 9.47 Å². The Balaban J connectivity index is 1.54. The Kier molecular flexibility index (Phi) is 5.56. The Morgan fingerprint density at radius 2 is 1.86 bits per heavy atom. The quantitative estimate of drug-likeness (QED) is 0.533. The fraction of sp³-hybridized carbons (Fsp3) is 0.250. The van der Waals surface area contributed by atoms with Crippen molar-refractivity contribution in [3.63, 3.8) is 0 Å². The van der Waals surface area contributed by atoms with E-state index < -0.39 is 45.6 Å². The van der Waals surface area contributed by atoms with Gasteiger partial charge in [-0.1, -0.05) is 30.3 Å². The summed E-state index contributed by atoms with van der Waals surface area (Å²) in [5, 5.41) is 25.9. The number of carbonyl (C=O) groups excluding carboxylic acids is 3. The van der Waals surface area contributed by atoms with E-state index in [-0.39, 0.29) is 35.8 Å². The van der Waals surface area contributed by atoms with Gasteiger partial charge in [0, 0.05) is 36.1 Å². The summed E-state index contributed by atoms with van der Waals surface area (Å²) in [7, 11) is 1.37. The van der Waals surface area contributed by atoms with Crippen molar-refractivity contribution in [2.75, 3.05) is 7.11 Å². The second-order valence-electron chi connectivity index (χ2n) is 9.41. The van der Waals surface area contributed by atoms with Gasteiger partial charge in [0.05, 0.1) is 7.11 Å².